The maximum Gasteiger partial charge on any atom is 0.261 e. The van der Waals surface area contributed by atoms with Crippen LogP contribution in [0.5, 0.6) is 0 Å². The van der Waals surface area contributed by atoms with Crippen LogP contribution in [0.2, 0.25) is 0 Å². The van der Waals surface area contributed by atoms with Crippen molar-refractivity contribution in [1.82, 2.24) is 9.78 Å². The zero-order valence-electron chi connectivity index (χ0n) is 7.30. The second-order valence-corrected chi connectivity index (χ2v) is 3.51. The van der Waals surface area contributed by atoms with Gasteiger partial charge in [-0.05, 0) is 6.07 Å². The summed E-state index contributed by atoms with van der Waals surface area (Å²) in [4.78, 5) is 0. The minimum absolute atomic E-state index is 0.0282. The standard InChI is InChI=1S/C8H11F2N3/c1-13-6(2-3-12-13)7(5-11)4-8(7,9)10/h2-3H,4-5,11H2,1H3. The zero-order chi connectivity index (χ0) is 9.69. The molecule has 1 heterocycles. The van der Waals surface area contributed by atoms with Crippen molar-refractivity contribution in [2.75, 3.05) is 6.54 Å². The molecule has 0 spiro atoms. The van der Waals surface area contributed by atoms with Gasteiger partial charge in [-0.25, -0.2) is 8.78 Å². The van der Waals surface area contributed by atoms with Crippen molar-refractivity contribution < 1.29 is 8.78 Å². The number of alkyl halides is 2. The van der Waals surface area contributed by atoms with Crippen LogP contribution in [0, 0.1) is 0 Å². The highest BCUT2D eigenvalue weighted by atomic mass is 19.3. The van der Waals surface area contributed by atoms with Crippen molar-refractivity contribution in [2.45, 2.75) is 17.8 Å². The third-order valence-electron chi connectivity index (χ3n) is 2.76. The predicted octanol–water partition coefficient (Wildman–Crippen LogP) is 0.656. The number of halogens is 2. The number of hydrogen-bond donors (Lipinski definition) is 1. The smallest absolute Gasteiger partial charge is 0.261 e. The highest BCUT2D eigenvalue weighted by Gasteiger charge is 2.72. The summed E-state index contributed by atoms with van der Waals surface area (Å²) in [6.07, 6.45) is 1.36. The third-order valence-corrected chi connectivity index (χ3v) is 2.76. The van der Waals surface area contributed by atoms with Gasteiger partial charge in [-0.1, -0.05) is 0 Å². The summed E-state index contributed by atoms with van der Waals surface area (Å²) in [6, 6.07) is 1.60. The topological polar surface area (TPSA) is 43.8 Å². The normalized spacial score (nSPS) is 30.5. The van der Waals surface area contributed by atoms with Crippen molar-refractivity contribution in [3.05, 3.63) is 18.0 Å². The molecule has 1 aliphatic carbocycles. The summed E-state index contributed by atoms with van der Waals surface area (Å²) < 4.78 is 27.6. The summed E-state index contributed by atoms with van der Waals surface area (Å²) in [5, 5.41) is 3.86. The molecular weight excluding hydrogens is 176 g/mol. The lowest BCUT2D eigenvalue weighted by molar-refractivity contribution is 0.0876. The van der Waals surface area contributed by atoms with E-state index in [2.05, 4.69) is 5.10 Å². The number of nitrogens with zero attached hydrogens (tertiary/aromatic N) is 2. The van der Waals surface area contributed by atoms with Gasteiger partial charge in [0.25, 0.3) is 5.92 Å². The number of aromatic nitrogens is 2. The molecule has 0 aliphatic heterocycles. The second kappa shape index (κ2) is 2.29. The number of aryl methyl sites for hydroxylation is 1. The Hall–Kier alpha value is -0.970. The van der Waals surface area contributed by atoms with Crippen molar-refractivity contribution in [3.63, 3.8) is 0 Å². The van der Waals surface area contributed by atoms with Crippen LogP contribution in [0.4, 0.5) is 8.78 Å². The third kappa shape index (κ3) is 0.934. The molecule has 1 unspecified atom stereocenters. The van der Waals surface area contributed by atoms with Crippen LogP contribution in [-0.4, -0.2) is 22.2 Å². The van der Waals surface area contributed by atoms with Gasteiger partial charge < -0.3 is 5.73 Å². The Balaban J connectivity index is 2.41. The van der Waals surface area contributed by atoms with E-state index in [9.17, 15) is 8.78 Å². The SMILES string of the molecule is Cn1nccc1C1(CN)CC1(F)F. The fraction of sp³-hybridized carbons (Fsp3) is 0.625. The van der Waals surface area contributed by atoms with Gasteiger partial charge in [0.1, 0.15) is 0 Å². The number of rotatable bonds is 2. The molecule has 2 rings (SSSR count). The van der Waals surface area contributed by atoms with E-state index < -0.39 is 11.3 Å². The molecule has 0 bridgehead atoms. The molecule has 3 nitrogen and oxygen atoms in total. The molecule has 1 fully saturated rings. The lowest BCUT2D eigenvalue weighted by Crippen LogP contribution is -2.29. The minimum Gasteiger partial charge on any atom is -0.329 e. The molecule has 13 heavy (non-hydrogen) atoms. The lowest BCUT2D eigenvalue weighted by Gasteiger charge is -2.13. The van der Waals surface area contributed by atoms with Gasteiger partial charge in [-0.15, -0.1) is 0 Å². The van der Waals surface area contributed by atoms with Gasteiger partial charge in [-0.3, -0.25) is 4.68 Å². The molecule has 0 amide bonds. The zero-order valence-corrected chi connectivity index (χ0v) is 7.30. The second-order valence-electron chi connectivity index (χ2n) is 3.51. The van der Waals surface area contributed by atoms with E-state index >= 15 is 0 Å². The van der Waals surface area contributed by atoms with E-state index in [0.29, 0.717) is 5.69 Å². The Morgan fingerprint density at radius 2 is 2.31 bits per heavy atom. The summed E-state index contributed by atoms with van der Waals surface area (Å²) in [5.74, 6) is -2.66. The summed E-state index contributed by atoms with van der Waals surface area (Å²) >= 11 is 0. The first kappa shape index (κ1) is 8.62. The van der Waals surface area contributed by atoms with Crippen molar-refractivity contribution >= 4 is 0 Å². The summed E-state index contributed by atoms with van der Waals surface area (Å²) in [5.41, 5.74) is 4.76. The maximum absolute atomic E-state index is 13.1. The molecule has 72 valence electrons. The lowest BCUT2D eigenvalue weighted by atomic mass is 10.0. The van der Waals surface area contributed by atoms with Crippen LogP contribution in [0.1, 0.15) is 12.1 Å². The average Bonchev–Trinajstić information content (AvgIpc) is 2.43. The summed E-state index contributed by atoms with van der Waals surface area (Å²) in [6.45, 7) is -0.0282. The van der Waals surface area contributed by atoms with E-state index in [1.165, 1.54) is 10.9 Å². The predicted molar refractivity (Wildman–Crippen MR) is 43.5 cm³/mol. The molecule has 1 atom stereocenters. The van der Waals surface area contributed by atoms with Crippen LogP contribution in [0.25, 0.3) is 0 Å². The van der Waals surface area contributed by atoms with Crippen molar-refractivity contribution in [2.24, 2.45) is 12.8 Å². The first-order chi connectivity index (χ1) is 6.03. The Morgan fingerprint density at radius 3 is 2.62 bits per heavy atom. The Labute approximate surface area is 74.5 Å². The highest BCUT2D eigenvalue weighted by Crippen LogP contribution is 2.60. The van der Waals surface area contributed by atoms with Gasteiger partial charge >= 0.3 is 0 Å². The molecular formula is C8H11F2N3. The molecule has 0 saturated heterocycles. The van der Waals surface area contributed by atoms with Gasteiger partial charge in [0.05, 0.1) is 11.1 Å². The maximum atomic E-state index is 13.1. The van der Waals surface area contributed by atoms with E-state index in [0.717, 1.165) is 0 Å². The molecule has 2 N–H and O–H groups in total. The van der Waals surface area contributed by atoms with Gasteiger partial charge in [0, 0.05) is 26.2 Å². The largest absolute Gasteiger partial charge is 0.329 e. The molecule has 0 aromatic carbocycles. The first-order valence-corrected chi connectivity index (χ1v) is 4.10. The minimum atomic E-state index is -2.66. The average molecular weight is 187 g/mol. The highest BCUT2D eigenvalue weighted by molar-refractivity contribution is 5.33. The van der Waals surface area contributed by atoms with Gasteiger partial charge in [0.15, 0.2) is 0 Å². The van der Waals surface area contributed by atoms with E-state index in [-0.39, 0.29) is 13.0 Å². The van der Waals surface area contributed by atoms with E-state index in [1.54, 1.807) is 13.1 Å². The van der Waals surface area contributed by atoms with Crippen LogP contribution in [0.15, 0.2) is 12.3 Å². The summed E-state index contributed by atoms with van der Waals surface area (Å²) in [7, 11) is 1.65. The Morgan fingerprint density at radius 1 is 1.69 bits per heavy atom. The molecule has 1 aromatic heterocycles. The molecule has 1 saturated carbocycles. The van der Waals surface area contributed by atoms with E-state index in [4.69, 9.17) is 5.73 Å². The van der Waals surface area contributed by atoms with Crippen molar-refractivity contribution in [1.29, 1.82) is 0 Å². The molecule has 5 heteroatoms. The monoisotopic (exact) mass is 187 g/mol. The fourth-order valence-electron chi connectivity index (χ4n) is 1.78. The number of nitrogens with two attached hydrogens (primary N) is 1. The Bertz CT molecular complexity index is 334. The molecule has 1 aromatic rings. The van der Waals surface area contributed by atoms with Gasteiger partial charge in [0.2, 0.25) is 0 Å². The number of hydrogen-bond acceptors (Lipinski definition) is 2. The van der Waals surface area contributed by atoms with Crippen LogP contribution >= 0.6 is 0 Å². The quantitative estimate of drug-likeness (QED) is 0.739. The first-order valence-electron chi connectivity index (χ1n) is 4.10. The molecule has 1 aliphatic rings. The van der Waals surface area contributed by atoms with E-state index in [1.807, 2.05) is 0 Å². The van der Waals surface area contributed by atoms with Crippen LogP contribution in [0.3, 0.4) is 0 Å². The van der Waals surface area contributed by atoms with Gasteiger partial charge in [-0.2, -0.15) is 5.10 Å². The fourth-order valence-corrected chi connectivity index (χ4v) is 1.78. The van der Waals surface area contributed by atoms with Crippen molar-refractivity contribution in [3.8, 4) is 0 Å². The Kier molecular flexibility index (Phi) is 1.52. The van der Waals surface area contributed by atoms with Crippen LogP contribution in [-0.2, 0) is 12.5 Å². The molecule has 0 radical (unpaired) electrons. The van der Waals surface area contributed by atoms with Crippen LogP contribution < -0.4 is 5.73 Å².